The van der Waals surface area contributed by atoms with E-state index in [0.717, 1.165) is 12.8 Å². The van der Waals surface area contributed by atoms with Crippen LogP contribution < -0.4 is 4.90 Å². The lowest BCUT2D eigenvalue weighted by atomic mass is 10.1. The molecule has 0 atom stereocenters. The molecule has 0 bridgehead atoms. The van der Waals surface area contributed by atoms with Crippen LogP contribution in [0.25, 0.3) is 0 Å². The molecule has 1 aromatic heterocycles. The first-order valence-corrected chi connectivity index (χ1v) is 6.27. The van der Waals surface area contributed by atoms with E-state index in [1.165, 1.54) is 10.9 Å². The SMILES string of the molecule is Cn1cc([N+](=O)[O-])c(N2CCC(OCCO)CC2)n1. The van der Waals surface area contributed by atoms with E-state index in [2.05, 4.69) is 5.10 Å². The van der Waals surface area contributed by atoms with Gasteiger partial charge in [0.1, 0.15) is 6.20 Å². The summed E-state index contributed by atoms with van der Waals surface area (Å²) in [5.74, 6) is 0.424. The number of hydrogen-bond acceptors (Lipinski definition) is 6. The highest BCUT2D eigenvalue weighted by Crippen LogP contribution is 2.28. The van der Waals surface area contributed by atoms with Crippen molar-refractivity contribution in [2.75, 3.05) is 31.2 Å². The van der Waals surface area contributed by atoms with Gasteiger partial charge in [-0.2, -0.15) is 0 Å². The average molecular weight is 270 g/mol. The molecule has 1 N–H and O–H groups in total. The van der Waals surface area contributed by atoms with Crippen LogP contribution >= 0.6 is 0 Å². The molecule has 1 aliphatic heterocycles. The number of ether oxygens (including phenoxy) is 1. The van der Waals surface area contributed by atoms with Gasteiger partial charge in [0.15, 0.2) is 0 Å². The van der Waals surface area contributed by atoms with Gasteiger partial charge in [0, 0.05) is 20.1 Å². The Bertz CT molecular complexity index is 440. The predicted molar refractivity (Wildman–Crippen MR) is 68.1 cm³/mol. The van der Waals surface area contributed by atoms with Crippen LogP contribution in [-0.4, -0.2) is 52.2 Å². The van der Waals surface area contributed by atoms with Crippen LogP contribution in [0.1, 0.15) is 12.8 Å². The van der Waals surface area contributed by atoms with Crippen molar-refractivity contribution in [2.24, 2.45) is 7.05 Å². The molecule has 1 saturated heterocycles. The van der Waals surface area contributed by atoms with Crippen molar-refractivity contribution in [3.05, 3.63) is 16.3 Å². The minimum atomic E-state index is -0.406. The normalized spacial score (nSPS) is 16.8. The second kappa shape index (κ2) is 5.98. The van der Waals surface area contributed by atoms with Gasteiger partial charge in [-0.25, -0.2) is 0 Å². The van der Waals surface area contributed by atoms with Crippen molar-refractivity contribution in [2.45, 2.75) is 18.9 Å². The smallest absolute Gasteiger partial charge is 0.330 e. The lowest BCUT2D eigenvalue weighted by molar-refractivity contribution is -0.384. The second-order valence-corrected chi connectivity index (χ2v) is 4.55. The van der Waals surface area contributed by atoms with Gasteiger partial charge in [-0.15, -0.1) is 5.10 Å². The van der Waals surface area contributed by atoms with Gasteiger partial charge < -0.3 is 14.7 Å². The minimum absolute atomic E-state index is 0.0198. The predicted octanol–water partition coefficient (Wildman–Crippen LogP) is 0.306. The fourth-order valence-electron chi connectivity index (χ4n) is 2.27. The Morgan fingerprint density at radius 2 is 2.26 bits per heavy atom. The fraction of sp³-hybridized carbons (Fsp3) is 0.727. The van der Waals surface area contributed by atoms with Gasteiger partial charge >= 0.3 is 5.69 Å². The third-order valence-electron chi connectivity index (χ3n) is 3.17. The highest BCUT2D eigenvalue weighted by atomic mass is 16.6. The molecule has 0 radical (unpaired) electrons. The fourth-order valence-corrected chi connectivity index (χ4v) is 2.27. The number of aryl methyl sites for hydroxylation is 1. The maximum absolute atomic E-state index is 11.0. The van der Waals surface area contributed by atoms with E-state index in [1.54, 1.807) is 7.05 Å². The molecular weight excluding hydrogens is 252 g/mol. The maximum atomic E-state index is 11.0. The highest BCUT2D eigenvalue weighted by molar-refractivity contribution is 5.56. The Kier molecular flexibility index (Phi) is 4.33. The molecule has 19 heavy (non-hydrogen) atoms. The van der Waals surface area contributed by atoms with Gasteiger partial charge in [0.2, 0.25) is 5.82 Å². The van der Waals surface area contributed by atoms with Gasteiger partial charge in [-0.3, -0.25) is 14.8 Å². The first kappa shape index (κ1) is 13.8. The number of aromatic nitrogens is 2. The molecule has 0 aliphatic carbocycles. The molecule has 0 saturated carbocycles. The summed E-state index contributed by atoms with van der Waals surface area (Å²) in [4.78, 5) is 12.5. The zero-order chi connectivity index (χ0) is 13.8. The van der Waals surface area contributed by atoms with Crippen LogP contribution in [0.5, 0.6) is 0 Å². The van der Waals surface area contributed by atoms with Gasteiger partial charge in [-0.05, 0) is 12.8 Å². The van der Waals surface area contributed by atoms with Crippen molar-refractivity contribution in [1.82, 2.24) is 9.78 Å². The monoisotopic (exact) mass is 270 g/mol. The molecule has 2 rings (SSSR count). The number of nitrogens with zero attached hydrogens (tertiary/aromatic N) is 4. The van der Waals surface area contributed by atoms with E-state index >= 15 is 0 Å². The van der Waals surface area contributed by atoms with Crippen LogP contribution in [0.15, 0.2) is 6.20 Å². The first-order chi connectivity index (χ1) is 9.11. The van der Waals surface area contributed by atoms with Crippen molar-refractivity contribution >= 4 is 11.5 Å². The molecule has 8 nitrogen and oxygen atoms in total. The van der Waals surface area contributed by atoms with Gasteiger partial charge in [0.25, 0.3) is 0 Å². The van der Waals surface area contributed by atoms with Crippen LogP contribution in [0.4, 0.5) is 11.5 Å². The number of aliphatic hydroxyl groups is 1. The first-order valence-electron chi connectivity index (χ1n) is 6.27. The lowest BCUT2D eigenvalue weighted by Crippen LogP contribution is -2.38. The Labute approximate surface area is 110 Å². The van der Waals surface area contributed by atoms with Gasteiger partial charge in [0.05, 0.1) is 24.2 Å². The maximum Gasteiger partial charge on any atom is 0.330 e. The van der Waals surface area contributed by atoms with Crippen LogP contribution in [-0.2, 0) is 11.8 Å². The van der Waals surface area contributed by atoms with E-state index in [1.807, 2.05) is 4.90 Å². The Hall–Kier alpha value is -1.67. The average Bonchev–Trinajstić information content (AvgIpc) is 2.79. The molecule has 1 aliphatic rings. The second-order valence-electron chi connectivity index (χ2n) is 4.55. The molecule has 106 valence electrons. The molecule has 2 heterocycles. The van der Waals surface area contributed by atoms with Gasteiger partial charge in [-0.1, -0.05) is 0 Å². The van der Waals surface area contributed by atoms with Crippen molar-refractivity contribution in [3.63, 3.8) is 0 Å². The zero-order valence-corrected chi connectivity index (χ0v) is 10.9. The standard InChI is InChI=1S/C11H18N4O4/c1-13-8-10(15(17)18)11(12-13)14-4-2-9(3-5-14)19-7-6-16/h8-9,16H,2-7H2,1H3. The summed E-state index contributed by atoms with van der Waals surface area (Å²) in [5.41, 5.74) is 0.0391. The number of nitro groups is 1. The van der Waals surface area contributed by atoms with Crippen LogP contribution in [0.2, 0.25) is 0 Å². The van der Waals surface area contributed by atoms with Crippen LogP contribution in [0.3, 0.4) is 0 Å². The molecule has 8 heteroatoms. The summed E-state index contributed by atoms with van der Waals surface area (Å²) in [6.07, 6.45) is 3.11. The van der Waals surface area contributed by atoms with E-state index in [4.69, 9.17) is 9.84 Å². The summed E-state index contributed by atoms with van der Waals surface area (Å²) in [6.45, 7) is 1.71. The Morgan fingerprint density at radius 3 is 2.84 bits per heavy atom. The summed E-state index contributed by atoms with van der Waals surface area (Å²) in [7, 11) is 1.67. The molecule has 1 fully saturated rings. The molecule has 0 amide bonds. The van der Waals surface area contributed by atoms with E-state index in [0.29, 0.717) is 25.5 Å². The minimum Gasteiger partial charge on any atom is -0.394 e. The van der Waals surface area contributed by atoms with E-state index in [-0.39, 0.29) is 18.4 Å². The van der Waals surface area contributed by atoms with Crippen molar-refractivity contribution < 1.29 is 14.8 Å². The molecule has 1 aromatic rings. The summed E-state index contributed by atoms with van der Waals surface area (Å²) in [5, 5.41) is 23.8. The number of hydrogen-bond donors (Lipinski definition) is 1. The highest BCUT2D eigenvalue weighted by Gasteiger charge is 2.28. The van der Waals surface area contributed by atoms with Crippen molar-refractivity contribution in [1.29, 1.82) is 0 Å². The van der Waals surface area contributed by atoms with Crippen molar-refractivity contribution in [3.8, 4) is 0 Å². The molecule has 0 aromatic carbocycles. The number of piperidine rings is 1. The number of aliphatic hydroxyl groups excluding tert-OH is 1. The largest absolute Gasteiger partial charge is 0.394 e. The number of rotatable bonds is 5. The summed E-state index contributed by atoms with van der Waals surface area (Å²) >= 11 is 0. The third kappa shape index (κ3) is 3.21. The van der Waals surface area contributed by atoms with Crippen LogP contribution in [0, 0.1) is 10.1 Å². The Balaban J connectivity index is 1.99. The topological polar surface area (TPSA) is 93.7 Å². The third-order valence-corrected chi connectivity index (χ3v) is 3.17. The van der Waals surface area contributed by atoms with E-state index in [9.17, 15) is 10.1 Å². The quantitative estimate of drug-likeness (QED) is 0.611. The summed E-state index contributed by atoms with van der Waals surface area (Å²) < 4.78 is 6.92. The molecule has 0 spiro atoms. The Morgan fingerprint density at radius 1 is 1.58 bits per heavy atom. The zero-order valence-electron chi connectivity index (χ0n) is 10.9. The number of anilines is 1. The molecular formula is C11H18N4O4. The molecule has 0 unspecified atom stereocenters. The van der Waals surface area contributed by atoms with E-state index < -0.39 is 4.92 Å². The lowest BCUT2D eigenvalue weighted by Gasteiger charge is -2.31. The summed E-state index contributed by atoms with van der Waals surface area (Å²) in [6, 6.07) is 0.